The van der Waals surface area contributed by atoms with Crippen LogP contribution in [0.25, 0.3) is 0 Å². The van der Waals surface area contributed by atoms with Crippen LogP contribution < -0.4 is 0 Å². The molecule has 1 fully saturated rings. The predicted octanol–water partition coefficient (Wildman–Crippen LogP) is 1.30. The highest BCUT2D eigenvalue weighted by Gasteiger charge is 2.25. The van der Waals surface area contributed by atoms with E-state index >= 15 is 0 Å². The molecule has 1 rings (SSSR count). The highest BCUT2D eigenvalue weighted by Crippen LogP contribution is 2.15. The number of hydrogen-bond donors (Lipinski definition) is 0. The molecule has 1 amide bonds. The summed E-state index contributed by atoms with van der Waals surface area (Å²) in [6.07, 6.45) is 0. The van der Waals surface area contributed by atoms with Crippen molar-refractivity contribution in [2.24, 2.45) is 5.92 Å². The Labute approximate surface area is 53.4 Å². The van der Waals surface area contributed by atoms with Gasteiger partial charge in [0.2, 0.25) is 0 Å². The van der Waals surface area contributed by atoms with Gasteiger partial charge in [0.25, 0.3) is 0 Å². The maximum absolute atomic E-state index is 10.3. The van der Waals surface area contributed by atoms with Gasteiger partial charge in [-0.2, -0.15) is 0 Å². The molecule has 46 valence electrons. The number of likely N-dealkylation sites (tertiary alicyclic amines) is 1. The third-order valence-electron chi connectivity index (χ3n) is 1.31. The summed E-state index contributed by atoms with van der Waals surface area (Å²) in [6.45, 7) is 3.76. The summed E-state index contributed by atoms with van der Waals surface area (Å²) in [5.74, 6) is 0.651. The van der Waals surface area contributed by atoms with Gasteiger partial charge in [0.15, 0.2) is 0 Å². The Kier molecular flexibility index (Phi) is 1.43. The second-order valence-corrected chi connectivity index (χ2v) is 2.59. The summed E-state index contributed by atoms with van der Waals surface area (Å²) in [4.78, 5) is 11.9. The van der Waals surface area contributed by atoms with E-state index in [-0.39, 0.29) is 5.37 Å². The summed E-state index contributed by atoms with van der Waals surface area (Å²) in [5.41, 5.74) is 0. The Morgan fingerprint density at radius 2 is 2.25 bits per heavy atom. The molecule has 0 atom stereocenters. The molecule has 1 heterocycles. The SMILES string of the molecule is CC1CN(C(=O)Cl)C1. The van der Waals surface area contributed by atoms with Crippen LogP contribution in [0.3, 0.4) is 0 Å². The summed E-state index contributed by atoms with van der Waals surface area (Å²) < 4.78 is 0. The zero-order valence-electron chi connectivity index (χ0n) is 4.72. The van der Waals surface area contributed by atoms with Crippen molar-refractivity contribution in [1.82, 2.24) is 4.90 Å². The molecule has 1 aliphatic heterocycles. The molecule has 0 aromatic rings. The number of rotatable bonds is 0. The quantitative estimate of drug-likeness (QED) is 0.360. The van der Waals surface area contributed by atoms with E-state index in [0.29, 0.717) is 5.92 Å². The van der Waals surface area contributed by atoms with Gasteiger partial charge in [0.05, 0.1) is 0 Å². The summed E-state index contributed by atoms with van der Waals surface area (Å²) in [5, 5.41) is -0.317. The van der Waals surface area contributed by atoms with Gasteiger partial charge in [-0.3, -0.25) is 4.79 Å². The van der Waals surface area contributed by atoms with Gasteiger partial charge in [-0.05, 0) is 17.5 Å². The van der Waals surface area contributed by atoms with E-state index in [2.05, 4.69) is 6.92 Å². The molecule has 0 bridgehead atoms. The van der Waals surface area contributed by atoms with Gasteiger partial charge in [0.1, 0.15) is 0 Å². The Hall–Kier alpha value is -0.240. The Morgan fingerprint density at radius 3 is 2.38 bits per heavy atom. The first kappa shape index (κ1) is 5.89. The van der Waals surface area contributed by atoms with Crippen molar-refractivity contribution >= 4 is 17.0 Å². The lowest BCUT2D eigenvalue weighted by Gasteiger charge is -2.34. The predicted molar refractivity (Wildman–Crippen MR) is 32.0 cm³/mol. The van der Waals surface area contributed by atoms with Crippen molar-refractivity contribution in [3.05, 3.63) is 0 Å². The van der Waals surface area contributed by atoms with Crippen molar-refractivity contribution in [3.63, 3.8) is 0 Å². The highest BCUT2D eigenvalue weighted by atomic mass is 35.5. The molecule has 0 unspecified atom stereocenters. The van der Waals surface area contributed by atoms with Crippen LogP contribution in [0.15, 0.2) is 0 Å². The highest BCUT2D eigenvalue weighted by molar-refractivity contribution is 6.62. The normalized spacial score (nSPS) is 20.5. The topological polar surface area (TPSA) is 20.3 Å². The summed E-state index contributed by atoms with van der Waals surface area (Å²) >= 11 is 5.13. The molecule has 0 aliphatic carbocycles. The number of amides is 1. The van der Waals surface area contributed by atoms with Crippen LogP contribution >= 0.6 is 11.6 Å². The molecule has 2 nitrogen and oxygen atoms in total. The van der Waals surface area contributed by atoms with Crippen LogP contribution in [0, 0.1) is 5.92 Å². The molecular formula is C5H8ClNO. The largest absolute Gasteiger partial charge is 0.329 e. The molecule has 0 spiro atoms. The third-order valence-corrected chi connectivity index (χ3v) is 1.55. The van der Waals surface area contributed by atoms with Crippen LogP contribution in [0.5, 0.6) is 0 Å². The van der Waals surface area contributed by atoms with Crippen LogP contribution in [-0.4, -0.2) is 23.4 Å². The van der Waals surface area contributed by atoms with Gasteiger partial charge < -0.3 is 4.90 Å². The molecule has 0 radical (unpaired) electrons. The fourth-order valence-corrected chi connectivity index (χ4v) is 0.981. The molecular weight excluding hydrogens is 126 g/mol. The maximum Gasteiger partial charge on any atom is 0.316 e. The molecule has 0 saturated carbocycles. The molecule has 0 N–H and O–H groups in total. The number of carbonyl (C=O) groups excluding carboxylic acids is 1. The average Bonchev–Trinajstić information content (AvgIpc) is 1.57. The van der Waals surface area contributed by atoms with E-state index in [1.165, 1.54) is 0 Å². The number of halogens is 1. The van der Waals surface area contributed by atoms with Crippen LogP contribution in [0.4, 0.5) is 4.79 Å². The van der Waals surface area contributed by atoms with Gasteiger partial charge in [0, 0.05) is 13.1 Å². The molecule has 8 heavy (non-hydrogen) atoms. The van der Waals surface area contributed by atoms with Crippen molar-refractivity contribution in [2.75, 3.05) is 13.1 Å². The lowest BCUT2D eigenvalue weighted by Crippen LogP contribution is -2.46. The first-order chi connectivity index (χ1) is 3.70. The zero-order chi connectivity index (χ0) is 6.15. The average molecular weight is 134 g/mol. The molecule has 1 aliphatic rings. The second kappa shape index (κ2) is 1.94. The number of hydrogen-bond acceptors (Lipinski definition) is 1. The maximum atomic E-state index is 10.3. The minimum Gasteiger partial charge on any atom is -0.329 e. The van der Waals surface area contributed by atoms with E-state index < -0.39 is 0 Å². The fraction of sp³-hybridized carbons (Fsp3) is 0.800. The van der Waals surface area contributed by atoms with Crippen molar-refractivity contribution in [1.29, 1.82) is 0 Å². The molecule has 0 aromatic heterocycles. The standard InChI is InChI=1S/C5H8ClNO/c1-4-2-7(3-4)5(6)8/h4H,2-3H2,1H3. The molecule has 0 aromatic carbocycles. The van der Waals surface area contributed by atoms with Gasteiger partial charge >= 0.3 is 5.37 Å². The zero-order valence-corrected chi connectivity index (χ0v) is 5.48. The van der Waals surface area contributed by atoms with Crippen LogP contribution in [0.1, 0.15) is 6.92 Å². The van der Waals surface area contributed by atoms with E-state index in [1.54, 1.807) is 4.90 Å². The first-order valence-electron chi connectivity index (χ1n) is 2.64. The van der Waals surface area contributed by atoms with Gasteiger partial charge in [-0.15, -0.1) is 0 Å². The van der Waals surface area contributed by atoms with Gasteiger partial charge in [-0.25, -0.2) is 0 Å². The minimum absolute atomic E-state index is 0.317. The van der Waals surface area contributed by atoms with E-state index in [0.717, 1.165) is 13.1 Å². The lowest BCUT2D eigenvalue weighted by molar-refractivity contribution is 0.149. The second-order valence-electron chi connectivity index (χ2n) is 2.26. The van der Waals surface area contributed by atoms with Gasteiger partial charge in [-0.1, -0.05) is 6.92 Å². The summed E-state index contributed by atoms with van der Waals surface area (Å²) in [7, 11) is 0. The van der Waals surface area contributed by atoms with Crippen molar-refractivity contribution in [3.8, 4) is 0 Å². The number of nitrogens with zero attached hydrogens (tertiary/aromatic N) is 1. The van der Waals surface area contributed by atoms with E-state index in [1.807, 2.05) is 0 Å². The van der Waals surface area contributed by atoms with Crippen LogP contribution in [-0.2, 0) is 0 Å². The lowest BCUT2D eigenvalue weighted by atomic mass is 10.0. The Morgan fingerprint density at radius 1 is 1.75 bits per heavy atom. The Balaban J connectivity index is 2.25. The third kappa shape index (κ3) is 0.944. The monoisotopic (exact) mass is 133 g/mol. The smallest absolute Gasteiger partial charge is 0.316 e. The summed E-state index contributed by atoms with van der Waals surface area (Å²) in [6, 6.07) is 0. The van der Waals surface area contributed by atoms with E-state index in [4.69, 9.17) is 11.6 Å². The first-order valence-corrected chi connectivity index (χ1v) is 3.02. The fourth-order valence-electron chi connectivity index (χ4n) is 0.843. The number of carbonyl (C=O) groups is 1. The molecule has 3 heteroatoms. The minimum atomic E-state index is -0.317. The van der Waals surface area contributed by atoms with Crippen LogP contribution in [0.2, 0.25) is 0 Å². The molecule has 1 saturated heterocycles. The van der Waals surface area contributed by atoms with Crippen molar-refractivity contribution in [2.45, 2.75) is 6.92 Å². The van der Waals surface area contributed by atoms with Crippen molar-refractivity contribution < 1.29 is 4.79 Å². The van der Waals surface area contributed by atoms with E-state index in [9.17, 15) is 4.79 Å². The Bertz CT molecular complexity index is 109.